The van der Waals surface area contributed by atoms with Crippen LogP contribution in [0.5, 0.6) is 0 Å². The van der Waals surface area contributed by atoms with Crippen molar-refractivity contribution in [2.75, 3.05) is 44.2 Å². The van der Waals surface area contributed by atoms with Gasteiger partial charge in [0.05, 0.1) is 23.8 Å². The number of H-pyrrole nitrogens is 1. The monoisotopic (exact) mass is 437 g/mol. The molecule has 3 heterocycles. The van der Waals surface area contributed by atoms with Gasteiger partial charge in [-0.1, -0.05) is 13.3 Å². The summed E-state index contributed by atoms with van der Waals surface area (Å²) in [5.74, 6) is 0.355. The van der Waals surface area contributed by atoms with Crippen molar-refractivity contribution in [2.24, 2.45) is 5.92 Å². The molecule has 0 aliphatic carbocycles. The molecule has 0 spiro atoms. The number of benzene rings is 1. The molecule has 0 bridgehead atoms. The van der Waals surface area contributed by atoms with Gasteiger partial charge < -0.3 is 19.5 Å². The van der Waals surface area contributed by atoms with E-state index in [0.29, 0.717) is 30.1 Å². The average molecular weight is 438 g/mol. The highest BCUT2D eigenvalue weighted by molar-refractivity contribution is 5.94. The maximum absolute atomic E-state index is 13.5. The second-order valence-electron chi connectivity index (χ2n) is 8.88. The number of hydrogen-bond donors (Lipinski definition) is 1. The lowest BCUT2D eigenvalue weighted by Crippen LogP contribution is -2.44. The topological polar surface area (TPSA) is 48.6 Å². The van der Waals surface area contributed by atoms with E-state index in [1.54, 1.807) is 0 Å². The third kappa shape index (κ3) is 5.23. The number of fused-ring (bicyclic) bond motifs is 1. The van der Waals surface area contributed by atoms with E-state index in [1.165, 1.54) is 37.5 Å². The number of nitrogens with one attached hydrogen (secondary N) is 1. The van der Waals surface area contributed by atoms with Crippen molar-refractivity contribution < 1.29 is 17.9 Å². The van der Waals surface area contributed by atoms with Crippen LogP contribution in [0.15, 0.2) is 29.1 Å². The van der Waals surface area contributed by atoms with E-state index < -0.39 is 17.3 Å². The highest BCUT2D eigenvalue weighted by atomic mass is 19.4. The molecule has 0 radical (unpaired) electrons. The molecule has 2 aliphatic heterocycles. The third-order valence-corrected chi connectivity index (χ3v) is 6.35. The molecule has 0 unspecified atom stereocenters. The van der Waals surface area contributed by atoms with Crippen LogP contribution in [0.1, 0.15) is 38.2 Å². The smallest absolute Gasteiger partial charge is 0.375 e. The summed E-state index contributed by atoms with van der Waals surface area (Å²) in [6.07, 6.45) is 0.240. The highest BCUT2D eigenvalue weighted by Gasteiger charge is 2.34. The SMILES string of the molecule is C[C@H]1C[C@@H](OCCN2CCCCC2)CN(c2ccc(C(F)(F)F)c3[nH]c(=O)ccc23)C1. The minimum atomic E-state index is -4.53. The van der Waals surface area contributed by atoms with Crippen molar-refractivity contribution in [3.05, 3.63) is 40.2 Å². The van der Waals surface area contributed by atoms with Crippen LogP contribution in [0.25, 0.3) is 10.9 Å². The van der Waals surface area contributed by atoms with Crippen molar-refractivity contribution >= 4 is 16.6 Å². The van der Waals surface area contributed by atoms with Gasteiger partial charge in [0.1, 0.15) is 0 Å². The van der Waals surface area contributed by atoms with Gasteiger partial charge in [-0.25, -0.2) is 0 Å². The Kier molecular flexibility index (Phi) is 6.57. The summed E-state index contributed by atoms with van der Waals surface area (Å²) in [7, 11) is 0. The van der Waals surface area contributed by atoms with Crippen LogP contribution < -0.4 is 10.5 Å². The number of halogens is 3. The van der Waals surface area contributed by atoms with E-state index in [2.05, 4.69) is 21.7 Å². The zero-order valence-corrected chi connectivity index (χ0v) is 17.9. The number of pyridine rings is 1. The predicted molar refractivity (Wildman–Crippen MR) is 116 cm³/mol. The average Bonchev–Trinajstić information content (AvgIpc) is 2.72. The summed E-state index contributed by atoms with van der Waals surface area (Å²) < 4.78 is 46.6. The maximum atomic E-state index is 13.5. The van der Waals surface area contributed by atoms with Gasteiger partial charge >= 0.3 is 6.18 Å². The lowest BCUT2D eigenvalue weighted by molar-refractivity contribution is -0.136. The Balaban J connectivity index is 1.52. The second-order valence-corrected chi connectivity index (χ2v) is 8.88. The Morgan fingerprint density at radius 2 is 1.87 bits per heavy atom. The lowest BCUT2D eigenvalue weighted by atomic mass is 9.96. The maximum Gasteiger partial charge on any atom is 0.418 e. The summed E-state index contributed by atoms with van der Waals surface area (Å²) in [6.45, 7) is 7.37. The molecule has 1 aromatic heterocycles. The first-order chi connectivity index (χ1) is 14.8. The van der Waals surface area contributed by atoms with Crippen LogP contribution in [0, 0.1) is 5.92 Å². The van der Waals surface area contributed by atoms with E-state index in [9.17, 15) is 18.0 Å². The first-order valence-electron chi connectivity index (χ1n) is 11.1. The predicted octanol–water partition coefficient (Wildman–Crippen LogP) is 4.26. The fourth-order valence-corrected chi connectivity index (χ4v) is 4.89. The molecule has 2 atom stereocenters. The van der Waals surface area contributed by atoms with E-state index in [0.717, 1.165) is 38.7 Å². The molecule has 170 valence electrons. The molecule has 1 aromatic carbocycles. The summed E-state index contributed by atoms with van der Waals surface area (Å²) >= 11 is 0. The van der Waals surface area contributed by atoms with Crippen LogP contribution in [0.4, 0.5) is 18.9 Å². The van der Waals surface area contributed by atoms with Gasteiger partial charge in [0.25, 0.3) is 0 Å². The van der Waals surface area contributed by atoms with Crippen LogP contribution >= 0.6 is 0 Å². The molecule has 31 heavy (non-hydrogen) atoms. The van der Waals surface area contributed by atoms with Crippen LogP contribution in [-0.4, -0.2) is 55.3 Å². The van der Waals surface area contributed by atoms with Gasteiger partial charge in [0.2, 0.25) is 5.56 Å². The van der Waals surface area contributed by atoms with E-state index in [-0.39, 0.29) is 11.6 Å². The van der Waals surface area contributed by atoms with Gasteiger partial charge in [-0.05, 0) is 56.5 Å². The molecule has 1 N–H and O–H groups in total. The number of hydrogen-bond acceptors (Lipinski definition) is 4. The number of anilines is 1. The molecule has 4 rings (SSSR count). The van der Waals surface area contributed by atoms with Gasteiger partial charge in [-0.3, -0.25) is 4.79 Å². The van der Waals surface area contributed by atoms with Crippen molar-refractivity contribution in [1.29, 1.82) is 0 Å². The van der Waals surface area contributed by atoms with Crippen molar-refractivity contribution in [1.82, 2.24) is 9.88 Å². The minimum Gasteiger partial charge on any atom is -0.375 e. The molecule has 2 aliphatic rings. The van der Waals surface area contributed by atoms with Crippen LogP contribution in [-0.2, 0) is 10.9 Å². The van der Waals surface area contributed by atoms with E-state index in [4.69, 9.17) is 4.74 Å². The largest absolute Gasteiger partial charge is 0.418 e. The Labute approximate surface area is 180 Å². The molecule has 2 fully saturated rings. The van der Waals surface area contributed by atoms with Crippen LogP contribution in [0.2, 0.25) is 0 Å². The van der Waals surface area contributed by atoms with Gasteiger partial charge in [-0.2, -0.15) is 13.2 Å². The lowest BCUT2D eigenvalue weighted by Gasteiger charge is -2.38. The van der Waals surface area contributed by atoms with E-state index in [1.807, 2.05) is 0 Å². The first kappa shape index (κ1) is 22.1. The molecular weight excluding hydrogens is 407 g/mol. The minimum absolute atomic E-state index is 0.0358. The zero-order valence-electron chi connectivity index (χ0n) is 17.9. The van der Waals surface area contributed by atoms with Crippen molar-refractivity contribution in [2.45, 2.75) is 44.9 Å². The Morgan fingerprint density at radius 3 is 2.61 bits per heavy atom. The quantitative estimate of drug-likeness (QED) is 0.759. The Morgan fingerprint density at radius 1 is 1.10 bits per heavy atom. The number of piperidine rings is 2. The number of aromatic nitrogens is 1. The molecular formula is C23H30F3N3O2. The summed E-state index contributed by atoms with van der Waals surface area (Å²) in [5.41, 5.74) is -0.807. The van der Waals surface area contributed by atoms with Crippen molar-refractivity contribution in [3.8, 4) is 0 Å². The molecule has 0 amide bonds. The number of nitrogens with zero attached hydrogens (tertiary/aromatic N) is 2. The Bertz CT molecular complexity index is 953. The van der Waals surface area contributed by atoms with Gasteiger partial charge in [0.15, 0.2) is 0 Å². The number of alkyl halides is 3. The normalized spacial score (nSPS) is 23.4. The fraction of sp³-hybridized carbons (Fsp3) is 0.609. The fourth-order valence-electron chi connectivity index (χ4n) is 4.89. The molecule has 0 saturated carbocycles. The van der Waals surface area contributed by atoms with E-state index >= 15 is 0 Å². The Hall–Kier alpha value is -2.06. The number of rotatable bonds is 5. The molecule has 8 heteroatoms. The highest BCUT2D eigenvalue weighted by Crippen LogP contribution is 2.38. The van der Waals surface area contributed by atoms with Crippen molar-refractivity contribution in [3.63, 3.8) is 0 Å². The number of ether oxygens (including phenoxy) is 1. The number of aromatic amines is 1. The summed E-state index contributed by atoms with van der Waals surface area (Å²) in [6, 6.07) is 5.36. The zero-order chi connectivity index (χ0) is 22.0. The summed E-state index contributed by atoms with van der Waals surface area (Å²) in [4.78, 5) is 18.7. The molecule has 5 nitrogen and oxygen atoms in total. The van der Waals surface area contributed by atoms with Crippen LogP contribution in [0.3, 0.4) is 0 Å². The standard InChI is InChI=1S/C23H30F3N3O2/c1-16-13-17(31-12-11-28-9-3-2-4-10-28)15-29(14-16)20-7-6-19(23(24,25)26)22-18(20)5-8-21(30)27-22/h5-8,16-17H,2-4,9-15H2,1H3,(H,27,30)/t16-,17+/m0/s1. The molecule has 2 saturated heterocycles. The molecule has 2 aromatic rings. The van der Waals surface area contributed by atoms with Gasteiger partial charge in [0, 0.05) is 36.8 Å². The third-order valence-electron chi connectivity index (χ3n) is 6.35. The first-order valence-corrected chi connectivity index (χ1v) is 11.1. The second kappa shape index (κ2) is 9.20. The van der Waals surface area contributed by atoms with Gasteiger partial charge in [-0.15, -0.1) is 0 Å². The summed E-state index contributed by atoms with van der Waals surface area (Å²) in [5, 5.41) is 0.413. The number of likely N-dealkylation sites (tertiary alicyclic amines) is 1.